The molecule has 0 aliphatic carbocycles. The first-order valence-corrected chi connectivity index (χ1v) is 4.00. The van der Waals surface area contributed by atoms with Gasteiger partial charge < -0.3 is 14.6 Å². The Kier molecular flexibility index (Phi) is 6.28. The largest absolute Gasteiger partial charge is 0.479 e. The number of rotatable bonds is 7. The fourth-order valence-electron chi connectivity index (χ4n) is 0.758. The van der Waals surface area contributed by atoms with Crippen LogP contribution in [0, 0.1) is 0 Å². The summed E-state index contributed by atoms with van der Waals surface area (Å²) in [6.45, 7) is 2.33. The number of aliphatic carboxylic acids is 1. The second kappa shape index (κ2) is 6.79. The van der Waals surface area contributed by atoms with Crippen LogP contribution >= 0.6 is 0 Å². The highest BCUT2D eigenvalue weighted by atomic mass is 16.5. The Hall–Kier alpha value is -0.900. The van der Waals surface area contributed by atoms with E-state index in [9.17, 15) is 9.59 Å². The van der Waals surface area contributed by atoms with Crippen LogP contribution in [0.1, 0.15) is 26.2 Å². The second-order valence-corrected chi connectivity index (χ2v) is 2.44. The van der Waals surface area contributed by atoms with Crippen molar-refractivity contribution in [2.75, 3.05) is 6.61 Å². The molecule has 0 aromatic carbocycles. The molecule has 0 spiro atoms. The molecule has 0 aromatic rings. The monoisotopic (exact) mass is 174 g/mol. The topological polar surface area (TPSA) is 63.6 Å². The third kappa shape index (κ3) is 4.85. The number of carbonyl (C=O) groups is 2. The van der Waals surface area contributed by atoms with Gasteiger partial charge in [-0.1, -0.05) is 6.92 Å². The van der Waals surface area contributed by atoms with Gasteiger partial charge in [0.1, 0.15) is 6.29 Å². The zero-order valence-electron chi connectivity index (χ0n) is 7.16. The lowest BCUT2D eigenvalue weighted by atomic mass is 10.2. The Labute approximate surface area is 71.5 Å². The number of aldehydes is 1. The molecule has 0 aliphatic heterocycles. The van der Waals surface area contributed by atoms with Gasteiger partial charge in [-0.3, -0.25) is 0 Å². The number of carbonyl (C=O) groups excluding carboxylic acids is 1. The SMILES string of the molecule is CCCOC(CCC=O)C(=O)O. The zero-order chi connectivity index (χ0) is 9.40. The van der Waals surface area contributed by atoms with Crippen molar-refractivity contribution in [3.05, 3.63) is 0 Å². The molecule has 0 aromatic heterocycles. The van der Waals surface area contributed by atoms with Crippen molar-refractivity contribution in [3.8, 4) is 0 Å². The van der Waals surface area contributed by atoms with Crippen molar-refractivity contribution in [1.29, 1.82) is 0 Å². The van der Waals surface area contributed by atoms with Crippen LogP contribution in [0.2, 0.25) is 0 Å². The minimum absolute atomic E-state index is 0.237. The number of hydrogen-bond donors (Lipinski definition) is 1. The number of carboxylic acid groups (broad SMARTS) is 1. The van der Waals surface area contributed by atoms with E-state index in [4.69, 9.17) is 9.84 Å². The molecular weight excluding hydrogens is 160 g/mol. The average Bonchev–Trinajstić information content (AvgIpc) is 2.04. The highest BCUT2D eigenvalue weighted by molar-refractivity contribution is 5.72. The Morgan fingerprint density at radius 3 is 2.75 bits per heavy atom. The fraction of sp³-hybridized carbons (Fsp3) is 0.750. The van der Waals surface area contributed by atoms with Crippen LogP contribution in [0.5, 0.6) is 0 Å². The first-order valence-electron chi connectivity index (χ1n) is 4.00. The molecule has 0 aliphatic rings. The molecule has 1 unspecified atom stereocenters. The fourth-order valence-corrected chi connectivity index (χ4v) is 0.758. The first-order chi connectivity index (χ1) is 5.72. The van der Waals surface area contributed by atoms with Gasteiger partial charge in [0.05, 0.1) is 0 Å². The van der Waals surface area contributed by atoms with E-state index in [0.717, 1.165) is 6.42 Å². The van der Waals surface area contributed by atoms with Crippen LogP contribution in [0.4, 0.5) is 0 Å². The standard InChI is InChI=1S/C8H14O4/c1-2-6-12-7(8(10)11)4-3-5-9/h5,7H,2-4,6H2,1H3,(H,10,11). The van der Waals surface area contributed by atoms with Crippen LogP contribution < -0.4 is 0 Å². The molecule has 0 heterocycles. The van der Waals surface area contributed by atoms with Gasteiger partial charge in [-0.15, -0.1) is 0 Å². The maximum Gasteiger partial charge on any atom is 0.332 e. The molecule has 70 valence electrons. The van der Waals surface area contributed by atoms with Crippen molar-refractivity contribution in [2.24, 2.45) is 0 Å². The van der Waals surface area contributed by atoms with Crippen LogP contribution in [0.15, 0.2) is 0 Å². The number of ether oxygens (including phenoxy) is 1. The molecule has 1 N–H and O–H groups in total. The van der Waals surface area contributed by atoms with Crippen LogP contribution in [-0.2, 0) is 14.3 Å². The average molecular weight is 174 g/mol. The van der Waals surface area contributed by atoms with Crippen molar-refractivity contribution in [2.45, 2.75) is 32.3 Å². The molecular formula is C8H14O4. The Morgan fingerprint density at radius 1 is 1.67 bits per heavy atom. The van der Waals surface area contributed by atoms with Gasteiger partial charge in [0.2, 0.25) is 0 Å². The highest BCUT2D eigenvalue weighted by Gasteiger charge is 2.16. The van der Waals surface area contributed by atoms with E-state index in [0.29, 0.717) is 12.9 Å². The summed E-state index contributed by atoms with van der Waals surface area (Å²) < 4.78 is 5.00. The van der Waals surface area contributed by atoms with Crippen molar-refractivity contribution in [3.63, 3.8) is 0 Å². The Balaban J connectivity index is 3.69. The predicted octanol–water partition coefficient (Wildman–Crippen LogP) is 0.845. The predicted molar refractivity (Wildman–Crippen MR) is 43.0 cm³/mol. The number of hydrogen-bond acceptors (Lipinski definition) is 3. The van der Waals surface area contributed by atoms with E-state index in [-0.39, 0.29) is 12.8 Å². The maximum absolute atomic E-state index is 10.5. The lowest BCUT2D eigenvalue weighted by molar-refractivity contribution is -0.150. The summed E-state index contributed by atoms with van der Waals surface area (Å²) in [7, 11) is 0. The minimum Gasteiger partial charge on any atom is -0.479 e. The van der Waals surface area contributed by atoms with E-state index in [1.807, 2.05) is 6.92 Å². The van der Waals surface area contributed by atoms with Gasteiger partial charge >= 0.3 is 5.97 Å². The highest BCUT2D eigenvalue weighted by Crippen LogP contribution is 2.01. The van der Waals surface area contributed by atoms with E-state index >= 15 is 0 Å². The van der Waals surface area contributed by atoms with E-state index in [1.54, 1.807) is 0 Å². The van der Waals surface area contributed by atoms with E-state index in [1.165, 1.54) is 0 Å². The summed E-state index contributed by atoms with van der Waals surface area (Å²) in [4.78, 5) is 20.4. The molecule has 0 saturated heterocycles. The zero-order valence-corrected chi connectivity index (χ0v) is 7.16. The van der Waals surface area contributed by atoms with Gasteiger partial charge in [0, 0.05) is 13.0 Å². The maximum atomic E-state index is 10.5. The van der Waals surface area contributed by atoms with Crippen molar-refractivity contribution < 1.29 is 19.4 Å². The van der Waals surface area contributed by atoms with Crippen molar-refractivity contribution >= 4 is 12.3 Å². The molecule has 12 heavy (non-hydrogen) atoms. The van der Waals surface area contributed by atoms with E-state index in [2.05, 4.69) is 0 Å². The van der Waals surface area contributed by atoms with Crippen LogP contribution in [0.3, 0.4) is 0 Å². The quantitative estimate of drug-likeness (QED) is 0.581. The summed E-state index contributed by atoms with van der Waals surface area (Å²) in [6, 6.07) is 0. The normalized spacial score (nSPS) is 12.4. The lowest BCUT2D eigenvalue weighted by Gasteiger charge is -2.10. The summed E-state index contributed by atoms with van der Waals surface area (Å²) in [5, 5.41) is 8.59. The minimum atomic E-state index is -0.995. The first kappa shape index (κ1) is 11.1. The van der Waals surface area contributed by atoms with Gasteiger partial charge in [-0.25, -0.2) is 4.79 Å². The molecule has 1 atom stereocenters. The van der Waals surface area contributed by atoms with Gasteiger partial charge in [-0.2, -0.15) is 0 Å². The molecule has 0 rings (SSSR count). The second-order valence-electron chi connectivity index (χ2n) is 2.44. The van der Waals surface area contributed by atoms with Crippen LogP contribution in [0.25, 0.3) is 0 Å². The third-order valence-corrected chi connectivity index (χ3v) is 1.35. The Morgan fingerprint density at radius 2 is 2.33 bits per heavy atom. The Bertz CT molecular complexity index is 144. The molecule has 0 radical (unpaired) electrons. The van der Waals surface area contributed by atoms with Crippen LogP contribution in [-0.4, -0.2) is 30.1 Å². The summed E-state index contributed by atoms with van der Waals surface area (Å²) in [6.07, 6.45) is 1.16. The third-order valence-electron chi connectivity index (χ3n) is 1.35. The number of carboxylic acids is 1. The molecule has 0 bridgehead atoms. The summed E-state index contributed by atoms with van der Waals surface area (Å²) >= 11 is 0. The molecule has 0 fully saturated rings. The van der Waals surface area contributed by atoms with Gasteiger partial charge in [0.15, 0.2) is 6.10 Å². The summed E-state index contributed by atoms with van der Waals surface area (Å²) in [5.74, 6) is -0.995. The van der Waals surface area contributed by atoms with Gasteiger partial charge in [0.25, 0.3) is 0 Å². The molecule has 0 amide bonds. The van der Waals surface area contributed by atoms with E-state index < -0.39 is 12.1 Å². The smallest absolute Gasteiger partial charge is 0.332 e. The lowest BCUT2D eigenvalue weighted by Crippen LogP contribution is -2.24. The van der Waals surface area contributed by atoms with Gasteiger partial charge in [-0.05, 0) is 12.8 Å². The summed E-state index contributed by atoms with van der Waals surface area (Å²) in [5.41, 5.74) is 0. The van der Waals surface area contributed by atoms with Crippen molar-refractivity contribution in [1.82, 2.24) is 0 Å². The molecule has 4 heteroatoms. The molecule has 0 saturated carbocycles. The molecule has 4 nitrogen and oxygen atoms in total.